The van der Waals surface area contributed by atoms with Crippen molar-refractivity contribution in [2.24, 2.45) is 5.92 Å². The third kappa shape index (κ3) is 3.15. The van der Waals surface area contributed by atoms with Crippen LogP contribution in [0.1, 0.15) is 44.7 Å². The first-order valence-corrected chi connectivity index (χ1v) is 8.63. The predicted octanol–water partition coefficient (Wildman–Crippen LogP) is 2.32. The Morgan fingerprint density at radius 2 is 2.23 bits per heavy atom. The van der Waals surface area contributed by atoms with Crippen LogP contribution in [0.4, 0.5) is 5.13 Å². The highest BCUT2D eigenvalue weighted by atomic mass is 32.1. The van der Waals surface area contributed by atoms with E-state index in [9.17, 15) is 14.7 Å². The van der Waals surface area contributed by atoms with Gasteiger partial charge in [0.05, 0.1) is 5.69 Å². The number of nitrogens with zero attached hydrogens (tertiary/aromatic N) is 2. The summed E-state index contributed by atoms with van der Waals surface area (Å²) < 4.78 is 0. The zero-order valence-electron chi connectivity index (χ0n) is 12.6. The second-order valence-corrected chi connectivity index (χ2v) is 7.06. The SMILES string of the molecule is CC(=O)Nc1nc(CN2C(C(=O)O)CC3CCCCC32)cs1. The number of amides is 1. The van der Waals surface area contributed by atoms with E-state index >= 15 is 0 Å². The van der Waals surface area contributed by atoms with Crippen LogP contribution in [-0.4, -0.2) is 39.0 Å². The molecule has 1 aliphatic heterocycles. The van der Waals surface area contributed by atoms with E-state index in [1.54, 1.807) is 0 Å². The predicted molar refractivity (Wildman–Crippen MR) is 83.7 cm³/mol. The molecule has 2 aliphatic rings. The molecule has 3 unspecified atom stereocenters. The lowest BCUT2D eigenvalue weighted by Crippen LogP contribution is -2.41. The minimum absolute atomic E-state index is 0.141. The van der Waals surface area contributed by atoms with E-state index in [0.717, 1.165) is 25.0 Å². The molecule has 2 fully saturated rings. The molecular formula is C15H21N3O3S. The lowest BCUT2D eigenvalue weighted by Gasteiger charge is -2.32. The van der Waals surface area contributed by atoms with Gasteiger partial charge >= 0.3 is 5.97 Å². The van der Waals surface area contributed by atoms with Crippen LogP contribution in [0.3, 0.4) is 0 Å². The third-order valence-corrected chi connectivity index (χ3v) is 5.49. The number of hydrogen-bond acceptors (Lipinski definition) is 5. The maximum Gasteiger partial charge on any atom is 0.320 e. The van der Waals surface area contributed by atoms with Gasteiger partial charge in [-0.2, -0.15) is 0 Å². The molecule has 6 nitrogen and oxygen atoms in total. The van der Waals surface area contributed by atoms with Crippen molar-refractivity contribution in [3.8, 4) is 0 Å². The number of carboxylic acids is 1. The van der Waals surface area contributed by atoms with Gasteiger partial charge in [0.2, 0.25) is 5.91 Å². The van der Waals surface area contributed by atoms with E-state index in [1.807, 2.05) is 5.38 Å². The second-order valence-electron chi connectivity index (χ2n) is 6.20. The molecule has 3 rings (SSSR count). The first-order valence-electron chi connectivity index (χ1n) is 7.75. The van der Waals surface area contributed by atoms with Crippen molar-refractivity contribution in [1.29, 1.82) is 0 Å². The summed E-state index contributed by atoms with van der Waals surface area (Å²) in [4.78, 5) is 29.2. The summed E-state index contributed by atoms with van der Waals surface area (Å²) >= 11 is 1.38. The molecule has 1 aromatic heterocycles. The minimum Gasteiger partial charge on any atom is -0.480 e. The number of carbonyl (C=O) groups is 2. The highest BCUT2D eigenvalue weighted by Gasteiger charge is 2.45. The Hall–Kier alpha value is -1.47. The number of rotatable bonds is 4. The quantitative estimate of drug-likeness (QED) is 0.888. The second kappa shape index (κ2) is 6.34. The standard InChI is InChI=1S/C15H21N3O3S/c1-9(19)16-15-17-11(8-22-15)7-18-12-5-3-2-4-10(12)6-13(18)14(20)21/h8,10,12-13H,2-7H2,1H3,(H,20,21)(H,16,17,19). The Kier molecular flexibility index (Phi) is 4.44. The molecule has 1 amide bonds. The molecule has 1 saturated heterocycles. The lowest BCUT2D eigenvalue weighted by molar-refractivity contribution is -0.143. The maximum absolute atomic E-state index is 11.6. The van der Waals surface area contributed by atoms with Crippen molar-refractivity contribution >= 4 is 28.3 Å². The zero-order chi connectivity index (χ0) is 15.7. The van der Waals surface area contributed by atoms with Gasteiger partial charge in [0.25, 0.3) is 0 Å². The van der Waals surface area contributed by atoms with Crippen molar-refractivity contribution < 1.29 is 14.7 Å². The van der Waals surface area contributed by atoms with Crippen molar-refractivity contribution in [3.63, 3.8) is 0 Å². The summed E-state index contributed by atoms with van der Waals surface area (Å²) in [7, 11) is 0. The number of fused-ring (bicyclic) bond motifs is 1. The Labute approximate surface area is 133 Å². The Morgan fingerprint density at radius 3 is 2.95 bits per heavy atom. The molecule has 0 bridgehead atoms. The molecule has 1 saturated carbocycles. The smallest absolute Gasteiger partial charge is 0.320 e. The van der Waals surface area contributed by atoms with Crippen LogP contribution in [-0.2, 0) is 16.1 Å². The third-order valence-electron chi connectivity index (χ3n) is 4.69. The van der Waals surface area contributed by atoms with Gasteiger partial charge in [-0.3, -0.25) is 14.5 Å². The molecule has 0 spiro atoms. The molecule has 22 heavy (non-hydrogen) atoms. The maximum atomic E-state index is 11.6. The molecular weight excluding hydrogens is 302 g/mol. The van der Waals surface area contributed by atoms with Gasteiger partial charge in [0.15, 0.2) is 5.13 Å². The fourth-order valence-electron chi connectivity index (χ4n) is 3.80. The summed E-state index contributed by atoms with van der Waals surface area (Å²) in [5.41, 5.74) is 0.839. The molecule has 3 atom stereocenters. The summed E-state index contributed by atoms with van der Waals surface area (Å²) in [5, 5.41) is 14.7. The Morgan fingerprint density at radius 1 is 1.45 bits per heavy atom. The largest absolute Gasteiger partial charge is 0.480 e. The summed E-state index contributed by atoms with van der Waals surface area (Å²) in [6, 6.07) is -0.0419. The molecule has 2 heterocycles. The minimum atomic E-state index is -0.730. The van der Waals surface area contributed by atoms with Crippen LogP contribution >= 0.6 is 11.3 Å². The van der Waals surface area contributed by atoms with E-state index < -0.39 is 12.0 Å². The van der Waals surface area contributed by atoms with Crippen LogP contribution in [0.2, 0.25) is 0 Å². The molecule has 0 aromatic carbocycles. The molecule has 7 heteroatoms. The van der Waals surface area contributed by atoms with E-state index in [-0.39, 0.29) is 5.91 Å². The number of aromatic nitrogens is 1. The van der Waals surface area contributed by atoms with Crippen LogP contribution < -0.4 is 5.32 Å². The van der Waals surface area contributed by atoms with Crippen molar-refractivity contribution in [2.75, 3.05) is 5.32 Å². The topological polar surface area (TPSA) is 82.5 Å². The van der Waals surface area contributed by atoms with E-state index in [2.05, 4.69) is 15.2 Å². The Bertz CT molecular complexity index is 574. The van der Waals surface area contributed by atoms with Crippen LogP contribution in [0.25, 0.3) is 0 Å². The van der Waals surface area contributed by atoms with Crippen molar-refractivity contribution in [2.45, 2.75) is 57.7 Å². The molecule has 2 N–H and O–H groups in total. The van der Waals surface area contributed by atoms with Crippen LogP contribution in [0.15, 0.2) is 5.38 Å². The molecule has 1 aliphatic carbocycles. The van der Waals surface area contributed by atoms with Crippen LogP contribution in [0.5, 0.6) is 0 Å². The van der Waals surface area contributed by atoms with E-state index in [0.29, 0.717) is 23.6 Å². The number of anilines is 1. The van der Waals surface area contributed by atoms with E-state index in [1.165, 1.54) is 31.1 Å². The fraction of sp³-hybridized carbons (Fsp3) is 0.667. The molecule has 0 radical (unpaired) electrons. The van der Waals surface area contributed by atoms with Gasteiger partial charge < -0.3 is 10.4 Å². The number of carboxylic acid groups (broad SMARTS) is 1. The first-order chi connectivity index (χ1) is 10.5. The van der Waals surface area contributed by atoms with Gasteiger partial charge in [-0.1, -0.05) is 12.8 Å². The first kappa shape index (κ1) is 15.4. The van der Waals surface area contributed by atoms with E-state index in [4.69, 9.17) is 0 Å². The summed E-state index contributed by atoms with van der Waals surface area (Å²) in [6.45, 7) is 2.00. The summed E-state index contributed by atoms with van der Waals surface area (Å²) in [5.74, 6) is -0.368. The lowest BCUT2D eigenvalue weighted by atomic mass is 9.85. The van der Waals surface area contributed by atoms with Crippen LogP contribution in [0, 0.1) is 5.92 Å². The summed E-state index contributed by atoms with van der Waals surface area (Å²) in [6.07, 6.45) is 5.36. The highest BCUT2D eigenvalue weighted by Crippen LogP contribution is 2.40. The van der Waals surface area contributed by atoms with Crippen molar-refractivity contribution in [3.05, 3.63) is 11.1 Å². The average Bonchev–Trinajstić information content (AvgIpc) is 3.04. The van der Waals surface area contributed by atoms with Gasteiger partial charge in [-0.25, -0.2) is 4.98 Å². The van der Waals surface area contributed by atoms with Gasteiger partial charge in [-0.15, -0.1) is 11.3 Å². The molecule has 1 aromatic rings. The number of aliphatic carboxylic acids is 1. The number of hydrogen-bond donors (Lipinski definition) is 2. The van der Waals surface area contributed by atoms with Gasteiger partial charge in [0, 0.05) is 24.9 Å². The number of nitrogens with one attached hydrogen (secondary N) is 1. The molecule has 120 valence electrons. The van der Waals surface area contributed by atoms with Gasteiger partial charge in [-0.05, 0) is 25.2 Å². The average molecular weight is 323 g/mol. The normalized spacial score (nSPS) is 28.3. The highest BCUT2D eigenvalue weighted by molar-refractivity contribution is 7.13. The van der Waals surface area contributed by atoms with Crippen molar-refractivity contribution in [1.82, 2.24) is 9.88 Å². The number of carbonyl (C=O) groups excluding carboxylic acids is 1. The zero-order valence-corrected chi connectivity index (χ0v) is 13.4. The Balaban J connectivity index is 1.74. The fourth-order valence-corrected chi connectivity index (χ4v) is 4.55. The number of thiazole rings is 1. The number of likely N-dealkylation sites (tertiary alicyclic amines) is 1. The van der Waals surface area contributed by atoms with Gasteiger partial charge in [0.1, 0.15) is 6.04 Å². The monoisotopic (exact) mass is 323 g/mol.